The number of carbonyl (C=O) groups excluding carboxylic acids is 3. The predicted octanol–water partition coefficient (Wildman–Crippen LogP) is -0.931. The van der Waals surface area contributed by atoms with Crippen molar-refractivity contribution in [3.8, 4) is 6.07 Å². The molecule has 0 aliphatic rings. The highest BCUT2D eigenvalue weighted by Crippen LogP contribution is 2.04. The molecule has 0 rings (SSSR count). The molecule has 0 aromatic rings. The zero-order chi connectivity index (χ0) is 13.4. The third-order valence-corrected chi connectivity index (χ3v) is 1.89. The molecule has 0 bridgehead atoms. The molecule has 0 aliphatic carbocycles. The summed E-state index contributed by atoms with van der Waals surface area (Å²) in [5.74, 6) is -2.37. The Morgan fingerprint density at radius 2 is 2.06 bits per heavy atom. The van der Waals surface area contributed by atoms with Crippen molar-refractivity contribution in [2.45, 2.75) is 26.3 Å². The van der Waals surface area contributed by atoms with E-state index in [0.717, 1.165) is 6.92 Å². The van der Waals surface area contributed by atoms with Gasteiger partial charge in [-0.05, 0) is 13.3 Å². The first-order valence-electron chi connectivity index (χ1n) is 4.98. The van der Waals surface area contributed by atoms with Crippen LogP contribution in [0.3, 0.4) is 0 Å². The number of hydrogen-bond donors (Lipinski definition) is 2. The van der Waals surface area contributed by atoms with Crippen LogP contribution in [0.1, 0.15) is 20.3 Å². The number of nitriles is 1. The molecule has 3 N–H and O–H groups in total. The van der Waals surface area contributed by atoms with E-state index in [1.54, 1.807) is 6.92 Å². The van der Waals surface area contributed by atoms with Crippen molar-refractivity contribution in [2.75, 3.05) is 6.61 Å². The third kappa shape index (κ3) is 6.89. The van der Waals surface area contributed by atoms with E-state index < -0.39 is 36.4 Å². The van der Waals surface area contributed by atoms with E-state index in [0.29, 0.717) is 0 Å². The lowest BCUT2D eigenvalue weighted by molar-refractivity contribution is -0.146. The number of primary amides is 1. The van der Waals surface area contributed by atoms with Gasteiger partial charge in [0, 0.05) is 12.8 Å². The van der Waals surface area contributed by atoms with Crippen molar-refractivity contribution < 1.29 is 19.1 Å². The summed E-state index contributed by atoms with van der Waals surface area (Å²) in [6, 6.07) is 0.992. The summed E-state index contributed by atoms with van der Waals surface area (Å²) in [7, 11) is 0. The summed E-state index contributed by atoms with van der Waals surface area (Å²) < 4.78 is 4.45. The Hall–Kier alpha value is -2.10. The summed E-state index contributed by atoms with van der Waals surface area (Å²) in [4.78, 5) is 32.7. The Bertz CT molecular complexity index is 348. The number of nitrogens with zero attached hydrogens (tertiary/aromatic N) is 1. The van der Waals surface area contributed by atoms with Crippen LogP contribution in [0, 0.1) is 17.2 Å². The van der Waals surface area contributed by atoms with Crippen molar-refractivity contribution in [3.05, 3.63) is 0 Å². The summed E-state index contributed by atoms with van der Waals surface area (Å²) in [5.41, 5.74) is 5.07. The summed E-state index contributed by atoms with van der Waals surface area (Å²) in [5, 5.41) is 10.9. The second-order valence-electron chi connectivity index (χ2n) is 3.57. The van der Waals surface area contributed by atoms with Crippen molar-refractivity contribution in [1.29, 1.82) is 5.26 Å². The monoisotopic (exact) mass is 241 g/mol. The first-order chi connectivity index (χ1) is 7.86. The number of nitrogens with two attached hydrogens (primary N) is 1. The number of hydrogen-bond acceptors (Lipinski definition) is 5. The third-order valence-electron chi connectivity index (χ3n) is 1.89. The molecule has 94 valence electrons. The molecule has 0 heterocycles. The first-order valence-corrected chi connectivity index (χ1v) is 4.98. The molecule has 0 unspecified atom stereocenters. The number of ether oxygens (including phenoxy) is 1. The molecule has 0 fully saturated rings. The minimum Gasteiger partial charge on any atom is -0.456 e. The largest absolute Gasteiger partial charge is 0.456 e. The second-order valence-corrected chi connectivity index (χ2v) is 3.57. The molecular weight excluding hydrogens is 226 g/mol. The lowest BCUT2D eigenvalue weighted by Gasteiger charge is -2.16. The average molecular weight is 241 g/mol. The zero-order valence-corrected chi connectivity index (χ0v) is 9.73. The number of rotatable bonds is 6. The van der Waals surface area contributed by atoms with Crippen LogP contribution in [-0.2, 0) is 19.1 Å². The van der Waals surface area contributed by atoms with Crippen LogP contribution in [-0.4, -0.2) is 30.4 Å². The first kappa shape index (κ1) is 14.9. The number of nitrogens with one attached hydrogen (secondary N) is 1. The Kier molecular flexibility index (Phi) is 6.33. The maximum atomic E-state index is 11.3. The van der Waals surface area contributed by atoms with Gasteiger partial charge in [0.05, 0.1) is 6.07 Å². The number of amides is 2. The maximum absolute atomic E-state index is 11.3. The van der Waals surface area contributed by atoms with Gasteiger partial charge >= 0.3 is 5.97 Å². The SMILES string of the molecule is CC(=O)OCC(=O)N[C@H](C[C@@H](C)C#N)C(N)=O. The van der Waals surface area contributed by atoms with Crippen LogP contribution in [0.15, 0.2) is 0 Å². The van der Waals surface area contributed by atoms with Gasteiger partial charge in [-0.25, -0.2) is 0 Å². The fourth-order valence-electron chi connectivity index (χ4n) is 1.06. The minimum atomic E-state index is -0.937. The summed E-state index contributed by atoms with van der Waals surface area (Å²) in [6.07, 6.45) is 0.123. The van der Waals surface area contributed by atoms with Crippen LogP contribution in [0.4, 0.5) is 0 Å². The smallest absolute Gasteiger partial charge is 0.303 e. The molecule has 0 radical (unpaired) electrons. The summed E-state index contributed by atoms with van der Waals surface area (Å²) in [6.45, 7) is 2.30. The van der Waals surface area contributed by atoms with Gasteiger partial charge in [-0.2, -0.15) is 5.26 Å². The van der Waals surface area contributed by atoms with E-state index >= 15 is 0 Å². The standard InChI is InChI=1S/C10H15N3O4/c1-6(4-11)3-8(10(12)16)13-9(15)5-17-7(2)14/h6,8H,3,5H2,1-2H3,(H2,12,16)(H,13,15)/t6-,8-/m1/s1. The molecule has 17 heavy (non-hydrogen) atoms. The second kappa shape index (κ2) is 7.22. The lowest BCUT2D eigenvalue weighted by Crippen LogP contribution is -2.46. The van der Waals surface area contributed by atoms with E-state index in [4.69, 9.17) is 11.0 Å². The minimum absolute atomic E-state index is 0.123. The van der Waals surface area contributed by atoms with Crippen LogP contribution in [0.5, 0.6) is 0 Å². The predicted molar refractivity (Wildman–Crippen MR) is 57.2 cm³/mol. The van der Waals surface area contributed by atoms with Crippen LogP contribution < -0.4 is 11.1 Å². The highest BCUT2D eigenvalue weighted by atomic mass is 16.5. The van der Waals surface area contributed by atoms with Crippen molar-refractivity contribution in [2.24, 2.45) is 11.7 Å². The number of esters is 1. The van der Waals surface area contributed by atoms with Crippen LogP contribution in [0.2, 0.25) is 0 Å². The van der Waals surface area contributed by atoms with Gasteiger partial charge in [-0.15, -0.1) is 0 Å². The molecule has 2 amide bonds. The molecule has 7 nitrogen and oxygen atoms in total. The molecule has 0 aromatic carbocycles. The molecular formula is C10H15N3O4. The average Bonchev–Trinajstić information content (AvgIpc) is 2.25. The quantitative estimate of drug-likeness (QED) is 0.581. The van der Waals surface area contributed by atoms with Gasteiger partial charge in [0.2, 0.25) is 5.91 Å². The van der Waals surface area contributed by atoms with Crippen LogP contribution >= 0.6 is 0 Å². The highest BCUT2D eigenvalue weighted by molar-refractivity contribution is 5.87. The highest BCUT2D eigenvalue weighted by Gasteiger charge is 2.20. The molecule has 7 heteroatoms. The van der Waals surface area contributed by atoms with Gasteiger partial charge in [-0.1, -0.05) is 0 Å². The van der Waals surface area contributed by atoms with E-state index in [1.165, 1.54) is 0 Å². The van der Waals surface area contributed by atoms with Gasteiger partial charge in [0.1, 0.15) is 6.04 Å². The molecule has 2 atom stereocenters. The van der Waals surface area contributed by atoms with Gasteiger partial charge in [-0.3, -0.25) is 14.4 Å². The zero-order valence-electron chi connectivity index (χ0n) is 9.73. The van der Waals surface area contributed by atoms with Crippen molar-refractivity contribution in [3.63, 3.8) is 0 Å². The lowest BCUT2D eigenvalue weighted by atomic mass is 10.0. The molecule has 0 saturated carbocycles. The van der Waals surface area contributed by atoms with Crippen molar-refractivity contribution in [1.82, 2.24) is 5.32 Å². The van der Waals surface area contributed by atoms with Gasteiger partial charge < -0.3 is 15.8 Å². The maximum Gasteiger partial charge on any atom is 0.303 e. The van der Waals surface area contributed by atoms with Crippen LogP contribution in [0.25, 0.3) is 0 Å². The van der Waals surface area contributed by atoms with Gasteiger partial charge in [0.25, 0.3) is 5.91 Å². The Morgan fingerprint density at radius 1 is 1.47 bits per heavy atom. The Balaban J connectivity index is 4.26. The van der Waals surface area contributed by atoms with E-state index in [-0.39, 0.29) is 6.42 Å². The van der Waals surface area contributed by atoms with E-state index in [9.17, 15) is 14.4 Å². The molecule has 0 spiro atoms. The van der Waals surface area contributed by atoms with E-state index in [1.807, 2.05) is 6.07 Å². The fourth-order valence-corrected chi connectivity index (χ4v) is 1.06. The Morgan fingerprint density at radius 3 is 2.47 bits per heavy atom. The molecule has 0 aromatic heterocycles. The number of carbonyl (C=O) groups is 3. The normalized spacial score (nSPS) is 13.0. The Labute approximate surface area is 98.9 Å². The topological polar surface area (TPSA) is 122 Å². The van der Waals surface area contributed by atoms with E-state index in [2.05, 4.69) is 10.1 Å². The molecule has 0 saturated heterocycles. The summed E-state index contributed by atoms with van der Waals surface area (Å²) >= 11 is 0. The van der Waals surface area contributed by atoms with Gasteiger partial charge in [0.15, 0.2) is 6.61 Å². The molecule has 0 aliphatic heterocycles. The fraction of sp³-hybridized carbons (Fsp3) is 0.600. The van der Waals surface area contributed by atoms with Crippen molar-refractivity contribution >= 4 is 17.8 Å².